The van der Waals surface area contributed by atoms with E-state index in [1.807, 2.05) is 0 Å². The molecular formula is C20H17ClFN5O5. The molecule has 3 amide bonds. The predicted molar refractivity (Wildman–Crippen MR) is 111 cm³/mol. The largest absolute Gasteiger partial charge is 0.497 e. The second-order valence-electron chi connectivity index (χ2n) is 6.92. The molecule has 0 radical (unpaired) electrons. The summed E-state index contributed by atoms with van der Waals surface area (Å²) in [4.78, 5) is 39.2. The van der Waals surface area contributed by atoms with Gasteiger partial charge in [-0.3, -0.25) is 19.4 Å². The molecule has 1 saturated heterocycles. The van der Waals surface area contributed by atoms with Crippen LogP contribution in [0.5, 0.6) is 11.5 Å². The Morgan fingerprint density at radius 1 is 1.16 bits per heavy atom. The smallest absolute Gasteiger partial charge is 0.263 e. The molecule has 2 aliphatic rings. The minimum absolute atomic E-state index is 0.113. The van der Waals surface area contributed by atoms with E-state index in [9.17, 15) is 18.8 Å². The van der Waals surface area contributed by atoms with Crippen LogP contribution in [-0.4, -0.2) is 55.6 Å². The maximum absolute atomic E-state index is 13.5. The molecular weight excluding hydrogens is 445 g/mol. The fourth-order valence-corrected chi connectivity index (χ4v) is 3.66. The van der Waals surface area contributed by atoms with E-state index in [1.54, 1.807) is 18.2 Å². The van der Waals surface area contributed by atoms with E-state index >= 15 is 0 Å². The van der Waals surface area contributed by atoms with Gasteiger partial charge in [0.2, 0.25) is 5.91 Å². The number of benzene rings is 2. The summed E-state index contributed by atoms with van der Waals surface area (Å²) in [7, 11) is 2.94. The van der Waals surface area contributed by atoms with Gasteiger partial charge < -0.3 is 14.8 Å². The SMILES string of the molecule is COc1ccc(OC)c(NC(=O)CN2N=NC3C(=O)N(c4ccc(F)c(Cl)c4)C(=O)C32)c1. The number of imide groups is 1. The fourth-order valence-electron chi connectivity index (χ4n) is 3.48. The Morgan fingerprint density at radius 3 is 2.62 bits per heavy atom. The second-order valence-corrected chi connectivity index (χ2v) is 7.32. The molecule has 4 rings (SSSR count). The fraction of sp³-hybridized carbons (Fsp3) is 0.250. The zero-order valence-corrected chi connectivity index (χ0v) is 17.7. The summed E-state index contributed by atoms with van der Waals surface area (Å²) in [6.07, 6.45) is 0. The zero-order chi connectivity index (χ0) is 23.0. The van der Waals surface area contributed by atoms with Gasteiger partial charge in [-0.15, -0.1) is 0 Å². The van der Waals surface area contributed by atoms with Gasteiger partial charge in [-0.25, -0.2) is 9.29 Å². The molecule has 2 heterocycles. The number of amides is 3. The topological polar surface area (TPSA) is 113 Å². The molecule has 0 aliphatic carbocycles. The minimum atomic E-state index is -1.11. The Balaban J connectivity index is 1.50. The number of ether oxygens (including phenoxy) is 2. The lowest BCUT2D eigenvalue weighted by atomic mass is 10.1. The van der Waals surface area contributed by atoms with Crippen LogP contribution in [0.1, 0.15) is 0 Å². The standard InChI is InChI=1S/C20H17ClFN5O5/c1-31-11-4-6-15(32-2)14(8-11)23-16(28)9-26-18-17(24-25-26)19(29)27(20(18)30)10-3-5-13(22)12(21)7-10/h3-8,17-18H,9H2,1-2H3,(H,23,28). The van der Waals surface area contributed by atoms with Crippen LogP contribution < -0.4 is 19.7 Å². The minimum Gasteiger partial charge on any atom is -0.497 e. The average molecular weight is 462 g/mol. The molecule has 2 aliphatic heterocycles. The monoisotopic (exact) mass is 461 g/mol. The van der Waals surface area contributed by atoms with E-state index in [4.69, 9.17) is 21.1 Å². The van der Waals surface area contributed by atoms with Gasteiger partial charge in [-0.05, 0) is 30.3 Å². The first-order chi connectivity index (χ1) is 15.3. The van der Waals surface area contributed by atoms with Crippen molar-refractivity contribution < 1.29 is 28.2 Å². The maximum Gasteiger partial charge on any atom is 0.263 e. The van der Waals surface area contributed by atoms with Gasteiger partial charge in [0.25, 0.3) is 11.8 Å². The third-order valence-corrected chi connectivity index (χ3v) is 5.30. The van der Waals surface area contributed by atoms with Crippen LogP contribution in [0, 0.1) is 5.82 Å². The van der Waals surface area contributed by atoms with Crippen LogP contribution in [0.3, 0.4) is 0 Å². The number of rotatable bonds is 6. The summed E-state index contributed by atoms with van der Waals surface area (Å²) < 4.78 is 23.9. The number of hydrogen-bond acceptors (Lipinski definition) is 8. The molecule has 2 aromatic rings. The van der Waals surface area contributed by atoms with Crippen molar-refractivity contribution in [3.63, 3.8) is 0 Å². The van der Waals surface area contributed by atoms with Crippen LogP contribution in [0.15, 0.2) is 46.7 Å². The molecule has 1 N–H and O–H groups in total. The molecule has 166 valence electrons. The van der Waals surface area contributed by atoms with Crippen LogP contribution in [0.25, 0.3) is 0 Å². The summed E-state index contributed by atoms with van der Waals surface area (Å²) in [5.74, 6) is -1.55. The van der Waals surface area contributed by atoms with Gasteiger partial charge in [-0.2, -0.15) is 5.11 Å². The van der Waals surface area contributed by atoms with Gasteiger partial charge in [0, 0.05) is 6.07 Å². The summed E-state index contributed by atoms with van der Waals surface area (Å²) in [5.41, 5.74) is 0.474. The maximum atomic E-state index is 13.5. The first kappa shape index (κ1) is 21.5. The van der Waals surface area contributed by atoms with Crippen molar-refractivity contribution in [3.05, 3.63) is 47.2 Å². The van der Waals surface area contributed by atoms with Gasteiger partial charge in [0.05, 0.1) is 30.6 Å². The second kappa shape index (κ2) is 8.42. The molecule has 2 unspecified atom stereocenters. The normalized spacial score (nSPS) is 19.4. The van der Waals surface area contributed by atoms with Crippen molar-refractivity contribution >= 4 is 40.7 Å². The van der Waals surface area contributed by atoms with Crippen molar-refractivity contribution in [3.8, 4) is 11.5 Å². The van der Waals surface area contributed by atoms with E-state index in [0.717, 1.165) is 16.0 Å². The molecule has 1 fully saturated rings. The Kier molecular flexibility index (Phi) is 5.66. The lowest BCUT2D eigenvalue weighted by Gasteiger charge is -2.20. The van der Waals surface area contributed by atoms with Crippen molar-refractivity contribution in [1.29, 1.82) is 0 Å². The Labute approximate surface area is 186 Å². The number of hydrogen-bond donors (Lipinski definition) is 1. The van der Waals surface area contributed by atoms with Crippen molar-refractivity contribution in [2.75, 3.05) is 31.0 Å². The van der Waals surface area contributed by atoms with Crippen LogP contribution in [-0.2, 0) is 14.4 Å². The first-order valence-corrected chi connectivity index (χ1v) is 9.74. The third-order valence-electron chi connectivity index (χ3n) is 5.01. The van der Waals surface area contributed by atoms with Gasteiger partial charge in [-0.1, -0.05) is 16.8 Å². The van der Waals surface area contributed by atoms with Crippen LogP contribution in [0.4, 0.5) is 15.8 Å². The molecule has 0 saturated carbocycles. The van der Waals surface area contributed by atoms with Crippen molar-refractivity contribution in [1.82, 2.24) is 5.01 Å². The molecule has 2 atom stereocenters. The highest BCUT2D eigenvalue weighted by Crippen LogP contribution is 2.34. The summed E-state index contributed by atoms with van der Waals surface area (Å²) in [6, 6.07) is 6.18. The summed E-state index contributed by atoms with van der Waals surface area (Å²) in [6.45, 7) is -0.345. The molecule has 10 nitrogen and oxygen atoms in total. The molecule has 2 aromatic carbocycles. The third kappa shape index (κ3) is 3.71. The number of nitrogens with one attached hydrogen (secondary N) is 1. The summed E-state index contributed by atoms with van der Waals surface area (Å²) in [5, 5.41) is 11.3. The number of anilines is 2. The number of carbonyl (C=O) groups excluding carboxylic acids is 3. The Hall–Kier alpha value is -3.73. The van der Waals surface area contributed by atoms with E-state index in [2.05, 4.69) is 15.7 Å². The average Bonchev–Trinajstić information content (AvgIpc) is 3.29. The number of fused-ring (bicyclic) bond motifs is 1. The number of halogens is 2. The van der Waals surface area contributed by atoms with E-state index in [0.29, 0.717) is 17.2 Å². The number of methoxy groups -OCH3 is 2. The predicted octanol–water partition coefficient (Wildman–Crippen LogP) is 2.43. The lowest BCUT2D eigenvalue weighted by molar-refractivity contribution is -0.123. The Morgan fingerprint density at radius 2 is 1.94 bits per heavy atom. The Bertz CT molecular complexity index is 1140. The van der Waals surface area contributed by atoms with Gasteiger partial charge in [0.1, 0.15) is 23.9 Å². The zero-order valence-electron chi connectivity index (χ0n) is 16.9. The lowest BCUT2D eigenvalue weighted by Crippen LogP contribution is -2.43. The van der Waals surface area contributed by atoms with Crippen LogP contribution in [0.2, 0.25) is 5.02 Å². The van der Waals surface area contributed by atoms with E-state index < -0.39 is 35.6 Å². The molecule has 32 heavy (non-hydrogen) atoms. The molecule has 0 spiro atoms. The molecule has 0 aromatic heterocycles. The van der Waals surface area contributed by atoms with Gasteiger partial charge >= 0.3 is 0 Å². The first-order valence-electron chi connectivity index (χ1n) is 9.36. The summed E-state index contributed by atoms with van der Waals surface area (Å²) >= 11 is 5.78. The number of carbonyl (C=O) groups is 3. The van der Waals surface area contributed by atoms with E-state index in [1.165, 1.54) is 26.4 Å². The van der Waals surface area contributed by atoms with Crippen molar-refractivity contribution in [2.24, 2.45) is 10.3 Å². The number of nitrogens with zero attached hydrogens (tertiary/aromatic N) is 4. The van der Waals surface area contributed by atoms with Crippen molar-refractivity contribution in [2.45, 2.75) is 12.1 Å². The quantitative estimate of drug-likeness (QED) is 0.661. The highest BCUT2D eigenvalue weighted by molar-refractivity contribution is 6.32. The van der Waals surface area contributed by atoms with E-state index in [-0.39, 0.29) is 17.3 Å². The highest BCUT2D eigenvalue weighted by atomic mass is 35.5. The molecule has 12 heteroatoms. The van der Waals surface area contributed by atoms with Crippen LogP contribution >= 0.6 is 11.6 Å². The molecule has 0 bridgehead atoms. The van der Waals surface area contributed by atoms with Gasteiger partial charge in [0.15, 0.2) is 12.1 Å². The highest BCUT2D eigenvalue weighted by Gasteiger charge is 2.55.